The number of likely N-dealkylation sites (N-methyl/N-ethyl adjacent to an activating group) is 1. The fourth-order valence-electron chi connectivity index (χ4n) is 2.90. The number of amides is 1. The van der Waals surface area contributed by atoms with E-state index in [-0.39, 0.29) is 18.1 Å². The van der Waals surface area contributed by atoms with Crippen LogP contribution in [0.1, 0.15) is 16.7 Å². The van der Waals surface area contributed by atoms with Crippen LogP contribution in [-0.4, -0.2) is 24.4 Å². The first kappa shape index (κ1) is 17.9. The third kappa shape index (κ3) is 4.37. The van der Waals surface area contributed by atoms with Crippen LogP contribution < -0.4 is 10.9 Å². The molecule has 1 N–H and O–H groups in total. The highest BCUT2D eigenvalue weighted by Crippen LogP contribution is 2.19. The first-order chi connectivity index (χ1) is 12.4. The van der Waals surface area contributed by atoms with Gasteiger partial charge < -0.3 is 9.73 Å². The number of benzene rings is 2. The number of nitrogens with one attached hydrogen (secondary N) is 1. The highest BCUT2D eigenvalue weighted by atomic mass is 16.4. The molecule has 0 atom stereocenters. The third-order valence-electron chi connectivity index (χ3n) is 4.17. The smallest absolute Gasteiger partial charge is 0.336 e. The zero-order valence-electron chi connectivity index (χ0n) is 15.2. The lowest BCUT2D eigenvalue weighted by Crippen LogP contribution is -2.30. The number of rotatable bonds is 5. The van der Waals surface area contributed by atoms with Gasteiger partial charge in [0, 0.05) is 23.7 Å². The van der Waals surface area contributed by atoms with Crippen molar-refractivity contribution in [2.75, 3.05) is 18.9 Å². The number of anilines is 1. The molecule has 5 nitrogen and oxygen atoms in total. The summed E-state index contributed by atoms with van der Waals surface area (Å²) in [5.74, 6) is -0.0977. The van der Waals surface area contributed by atoms with Gasteiger partial charge in [0.25, 0.3) is 0 Å². The summed E-state index contributed by atoms with van der Waals surface area (Å²) in [6, 6.07) is 14.9. The van der Waals surface area contributed by atoms with Crippen LogP contribution in [0.2, 0.25) is 0 Å². The molecule has 1 heterocycles. The molecule has 134 valence electrons. The lowest BCUT2D eigenvalue weighted by Gasteiger charge is -2.17. The van der Waals surface area contributed by atoms with Crippen molar-refractivity contribution in [3.8, 4) is 0 Å². The van der Waals surface area contributed by atoms with Crippen molar-refractivity contribution < 1.29 is 9.21 Å². The average Bonchev–Trinajstić information content (AvgIpc) is 2.56. The zero-order valence-corrected chi connectivity index (χ0v) is 15.2. The van der Waals surface area contributed by atoms with Crippen molar-refractivity contribution >= 4 is 22.6 Å². The third-order valence-corrected chi connectivity index (χ3v) is 4.17. The molecule has 26 heavy (non-hydrogen) atoms. The average molecular weight is 350 g/mol. The maximum absolute atomic E-state index is 12.2. The fourth-order valence-corrected chi connectivity index (χ4v) is 2.90. The SMILES string of the molecule is Cc1ccc(NC(=O)CN(C)Cc2cc(=O)oc3cc(C)ccc23)cc1. The van der Waals surface area contributed by atoms with Crippen LogP contribution in [0.4, 0.5) is 5.69 Å². The van der Waals surface area contributed by atoms with E-state index >= 15 is 0 Å². The fraction of sp³-hybridized carbons (Fsp3) is 0.238. The van der Waals surface area contributed by atoms with Crippen molar-refractivity contribution in [1.29, 1.82) is 0 Å². The summed E-state index contributed by atoms with van der Waals surface area (Å²) < 4.78 is 5.28. The summed E-state index contributed by atoms with van der Waals surface area (Å²) >= 11 is 0. The summed E-state index contributed by atoms with van der Waals surface area (Å²) in [7, 11) is 1.85. The van der Waals surface area contributed by atoms with Crippen molar-refractivity contribution in [3.63, 3.8) is 0 Å². The first-order valence-corrected chi connectivity index (χ1v) is 8.49. The van der Waals surface area contributed by atoms with Gasteiger partial charge in [-0.1, -0.05) is 29.8 Å². The Kier molecular flexibility index (Phi) is 5.19. The molecule has 3 aromatic rings. The van der Waals surface area contributed by atoms with E-state index in [4.69, 9.17) is 4.42 Å². The molecule has 1 aromatic heterocycles. The second-order valence-corrected chi connectivity index (χ2v) is 6.68. The predicted molar refractivity (Wildman–Crippen MR) is 103 cm³/mol. The number of fused-ring (bicyclic) bond motifs is 1. The normalized spacial score (nSPS) is 11.1. The quantitative estimate of drug-likeness (QED) is 0.716. The Morgan fingerprint density at radius 1 is 1.04 bits per heavy atom. The molecule has 2 aromatic carbocycles. The molecule has 0 saturated carbocycles. The second-order valence-electron chi connectivity index (χ2n) is 6.68. The van der Waals surface area contributed by atoms with Crippen molar-refractivity contribution in [1.82, 2.24) is 4.90 Å². The topological polar surface area (TPSA) is 62.6 Å². The van der Waals surface area contributed by atoms with Crippen LogP contribution in [0.5, 0.6) is 0 Å². The van der Waals surface area contributed by atoms with E-state index in [1.165, 1.54) is 6.07 Å². The molecule has 5 heteroatoms. The Bertz CT molecular complexity index is 990. The molecular weight excluding hydrogens is 328 g/mol. The molecule has 0 spiro atoms. The Morgan fingerprint density at radius 2 is 1.73 bits per heavy atom. The van der Waals surface area contributed by atoms with E-state index in [2.05, 4.69) is 5.32 Å². The lowest BCUT2D eigenvalue weighted by atomic mass is 10.1. The molecule has 0 aliphatic carbocycles. The molecule has 0 fully saturated rings. The summed E-state index contributed by atoms with van der Waals surface area (Å²) in [6.07, 6.45) is 0. The molecule has 0 aliphatic rings. The number of hydrogen-bond donors (Lipinski definition) is 1. The Balaban J connectivity index is 1.70. The monoisotopic (exact) mass is 350 g/mol. The lowest BCUT2D eigenvalue weighted by molar-refractivity contribution is -0.117. The van der Waals surface area contributed by atoms with Crippen LogP contribution in [0.25, 0.3) is 11.0 Å². The van der Waals surface area contributed by atoms with E-state index in [1.807, 2.05) is 68.3 Å². The van der Waals surface area contributed by atoms with Gasteiger partial charge in [0.1, 0.15) is 5.58 Å². The largest absolute Gasteiger partial charge is 0.423 e. The molecule has 1 amide bonds. The standard InChI is InChI=1S/C21H22N2O3/c1-14-4-7-17(8-5-14)22-20(24)13-23(3)12-16-11-21(25)26-19-10-15(2)6-9-18(16)19/h4-11H,12-13H2,1-3H3,(H,22,24). The van der Waals surface area contributed by atoms with Gasteiger partial charge in [0.2, 0.25) is 5.91 Å². The van der Waals surface area contributed by atoms with Crippen molar-refractivity contribution in [2.24, 2.45) is 0 Å². The minimum absolute atomic E-state index is 0.0977. The first-order valence-electron chi connectivity index (χ1n) is 8.49. The number of carbonyl (C=O) groups excluding carboxylic acids is 1. The summed E-state index contributed by atoms with van der Waals surface area (Å²) in [5.41, 5.74) is 3.99. The number of carbonyl (C=O) groups is 1. The Hall–Kier alpha value is -2.92. The molecule has 0 saturated heterocycles. The second kappa shape index (κ2) is 7.54. The van der Waals surface area contributed by atoms with Crippen LogP contribution in [0, 0.1) is 13.8 Å². The van der Waals surface area contributed by atoms with E-state index in [9.17, 15) is 9.59 Å². The van der Waals surface area contributed by atoms with E-state index < -0.39 is 0 Å². The zero-order chi connectivity index (χ0) is 18.7. The highest BCUT2D eigenvalue weighted by molar-refractivity contribution is 5.92. The van der Waals surface area contributed by atoms with Crippen LogP contribution in [-0.2, 0) is 11.3 Å². The predicted octanol–water partition coefficient (Wildman–Crippen LogP) is 3.48. The molecule has 0 aliphatic heterocycles. The summed E-state index contributed by atoms with van der Waals surface area (Å²) in [6.45, 7) is 4.66. The van der Waals surface area contributed by atoms with E-state index in [1.54, 1.807) is 0 Å². The maximum Gasteiger partial charge on any atom is 0.336 e. The van der Waals surface area contributed by atoms with Crippen LogP contribution >= 0.6 is 0 Å². The summed E-state index contributed by atoms with van der Waals surface area (Å²) in [4.78, 5) is 25.9. The van der Waals surface area contributed by atoms with Gasteiger partial charge in [0.15, 0.2) is 0 Å². The van der Waals surface area contributed by atoms with E-state index in [0.717, 1.165) is 27.8 Å². The van der Waals surface area contributed by atoms with Crippen molar-refractivity contribution in [2.45, 2.75) is 20.4 Å². The van der Waals surface area contributed by atoms with Crippen molar-refractivity contribution in [3.05, 3.63) is 75.6 Å². The van der Waals surface area contributed by atoms with Crippen LogP contribution in [0.3, 0.4) is 0 Å². The highest BCUT2D eigenvalue weighted by Gasteiger charge is 2.11. The molecule has 3 rings (SSSR count). The minimum Gasteiger partial charge on any atom is -0.423 e. The van der Waals surface area contributed by atoms with Gasteiger partial charge in [-0.2, -0.15) is 0 Å². The molecule has 0 bridgehead atoms. The van der Waals surface area contributed by atoms with Gasteiger partial charge in [-0.15, -0.1) is 0 Å². The van der Waals surface area contributed by atoms with Gasteiger partial charge in [-0.25, -0.2) is 4.79 Å². The number of aryl methyl sites for hydroxylation is 2. The number of nitrogens with zero attached hydrogens (tertiary/aromatic N) is 1. The van der Waals surface area contributed by atoms with E-state index in [0.29, 0.717) is 12.1 Å². The molecular formula is C21H22N2O3. The van der Waals surface area contributed by atoms with Gasteiger partial charge in [0.05, 0.1) is 6.54 Å². The van der Waals surface area contributed by atoms with Gasteiger partial charge >= 0.3 is 5.63 Å². The van der Waals surface area contributed by atoms with Gasteiger partial charge in [-0.3, -0.25) is 9.69 Å². The Labute approximate surface area is 152 Å². The van der Waals surface area contributed by atoms with Crippen LogP contribution in [0.15, 0.2) is 57.7 Å². The van der Waals surface area contributed by atoms with Gasteiger partial charge in [-0.05, 0) is 50.2 Å². The number of hydrogen-bond acceptors (Lipinski definition) is 4. The molecule has 0 unspecified atom stereocenters. The minimum atomic E-state index is -0.379. The Morgan fingerprint density at radius 3 is 2.46 bits per heavy atom. The molecule has 0 radical (unpaired) electrons. The maximum atomic E-state index is 12.2. The summed E-state index contributed by atoms with van der Waals surface area (Å²) in [5, 5.41) is 3.77.